The van der Waals surface area contributed by atoms with Crippen molar-refractivity contribution in [3.63, 3.8) is 0 Å². The van der Waals surface area contributed by atoms with Crippen molar-refractivity contribution >= 4 is 0 Å². The van der Waals surface area contributed by atoms with Crippen LogP contribution in [0.1, 0.15) is 33.1 Å². The third kappa shape index (κ3) is 4.40. The number of aliphatic hydroxyl groups is 1. The van der Waals surface area contributed by atoms with E-state index in [1.54, 1.807) is 0 Å². The molecule has 1 atom stereocenters. The fraction of sp³-hybridized carbons (Fsp3) is 1.00. The van der Waals surface area contributed by atoms with Gasteiger partial charge in [-0.25, -0.2) is 0 Å². The van der Waals surface area contributed by atoms with Crippen LogP contribution in [-0.4, -0.2) is 49.8 Å². The molecule has 0 spiro atoms. The molecular weight excluding hydrogens is 200 g/mol. The lowest BCUT2D eigenvalue weighted by molar-refractivity contribution is 0.205. The maximum Gasteiger partial charge on any atom is 0.0431 e. The lowest BCUT2D eigenvalue weighted by Crippen LogP contribution is -2.37. The second-order valence-electron chi connectivity index (χ2n) is 5.84. The van der Waals surface area contributed by atoms with Crippen molar-refractivity contribution in [1.82, 2.24) is 10.2 Å². The van der Waals surface area contributed by atoms with Gasteiger partial charge < -0.3 is 15.3 Å². The molecule has 96 valence electrons. The summed E-state index contributed by atoms with van der Waals surface area (Å²) in [4.78, 5) is 2.43. The minimum absolute atomic E-state index is 0.318. The van der Waals surface area contributed by atoms with Gasteiger partial charge >= 0.3 is 0 Å². The van der Waals surface area contributed by atoms with E-state index in [1.165, 1.54) is 19.5 Å². The number of aliphatic hydroxyl groups excluding tert-OH is 1. The van der Waals surface area contributed by atoms with Crippen molar-refractivity contribution in [3.8, 4) is 0 Å². The Hall–Kier alpha value is -0.120. The van der Waals surface area contributed by atoms with Crippen molar-refractivity contribution < 1.29 is 5.11 Å². The van der Waals surface area contributed by atoms with Crippen molar-refractivity contribution in [1.29, 1.82) is 0 Å². The normalized spacial score (nSPS) is 22.9. The van der Waals surface area contributed by atoms with Gasteiger partial charge in [0.1, 0.15) is 0 Å². The Balaban J connectivity index is 2.18. The fourth-order valence-corrected chi connectivity index (χ4v) is 2.49. The molecule has 2 N–H and O–H groups in total. The van der Waals surface area contributed by atoms with E-state index >= 15 is 0 Å². The molecule has 0 radical (unpaired) electrons. The van der Waals surface area contributed by atoms with Crippen LogP contribution in [0.15, 0.2) is 0 Å². The van der Waals surface area contributed by atoms with E-state index in [2.05, 4.69) is 31.1 Å². The molecule has 1 heterocycles. The molecule has 1 rings (SSSR count). The number of rotatable bonds is 7. The topological polar surface area (TPSA) is 35.5 Å². The summed E-state index contributed by atoms with van der Waals surface area (Å²) in [6, 6.07) is 0. The van der Waals surface area contributed by atoms with E-state index in [4.69, 9.17) is 5.11 Å². The van der Waals surface area contributed by atoms with Crippen molar-refractivity contribution in [3.05, 3.63) is 0 Å². The zero-order chi connectivity index (χ0) is 12.0. The highest BCUT2D eigenvalue weighted by Gasteiger charge is 2.33. The molecule has 1 fully saturated rings. The predicted molar refractivity (Wildman–Crippen MR) is 68.6 cm³/mol. The zero-order valence-electron chi connectivity index (χ0n) is 11.1. The summed E-state index contributed by atoms with van der Waals surface area (Å²) < 4.78 is 0. The lowest BCUT2D eigenvalue weighted by atomic mass is 9.78. The van der Waals surface area contributed by atoms with E-state index in [9.17, 15) is 0 Å². The van der Waals surface area contributed by atoms with E-state index in [-0.39, 0.29) is 0 Å². The van der Waals surface area contributed by atoms with Crippen LogP contribution >= 0.6 is 0 Å². The summed E-state index contributed by atoms with van der Waals surface area (Å²) in [6.45, 7) is 9.68. The van der Waals surface area contributed by atoms with E-state index < -0.39 is 0 Å². The molecule has 0 saturated carbocycles. The number of likely N-dealkylation sites (tertiary alicyclic amines) is 1. The van der Waals surface area contributed by atoms with E-state index in [1.807, 2.05) is 0 Å². The van der Waals surface area contributed by atoms with Gasteiger partial charge in [-0.3, -0.25) is 0 Å². The highest BCUT2D eigenvalue weighted by molar-refractivity contribution is 4.86. The van der Waals surface area contributed by atoms with Crippen LogP contribution in [0.4, 0.5) is 0 Å². The molecule has 0 aromatic heterocycles. The van der Waals surface area contributed by atoms with Crippen LogP contribution in [0.2, 0.25) is 0 Å². The average molecular weight is 228 g/mol. The van der Waals surface area contributed by atoms with Gasteiger partial charge in [0.2, 0.25) is 0 Å². The van der Waals surface area contributed by atoms with Crippen LogP contribution < -0.4 is 5.32 Å². The molecule has 16 heavy (non-hydrogen) atoms. The molecule has 1 aliphatic rings. The molecule has 0 aliphatic carbocycles. The maximum absolute atomic E-state index is 8.69. The largest absolute Gasteiger partial charge is 0.396 e. The Morgan fingerprint density at radius 1 is 1.38 bits per heavy atom. The molecule has 1 saturated heterocycles. The minimum atomic E-state index is 0.318. The number of nitrogens with one attached hydrogen (secondary N) is 1. The van der Waals surface area contributed by atoms with E-state index in [0.29, 0.717) is 12.0 Å². The molecule has 0 amide bonds. The Bertz CT molecular complexity index is 194. The van der Waals surface area contributed by atoms with Crippen LogP contribution in [0, 0.1) is 11.3 Å². The standard InChI is InChI=1S/C13H28N2O/c1-13(2,11-14-7-4-5-9-16)12-6-8-15(3)10-12/h12,14,16H,4-11H2,1-3H3. The Kier molecular flexibility index (Phi) is 5.73. The van der Waals surface area contributed by atoms with Gasteiger partial charge in [0.05, 0.1) is 0 Å². The average Bonchev–Trinajstić information content (AvgIpc) is 2.65. The molecule has 3 heteroatoms. The quantitative estimate of drug-likeness (QED) is 0.645. The molecular formula is C13H28N2O. The monoisotopic (exact) mass is 228 g/mol. The highest BCUT2D eigenvalue weighted by Crippen LogP contribution is 2.33. The van der Waals surface area contributed by atoms with Gasteiger partial charge in [-0.1, -0.05) is 13.8 Å². The first-order chi connectivity index (χ1) is 7.56. The number of nitrogens with zero attached hydrogens (tertiary/aromatic N) is 1. The first-order valence-electron chi connectivity index (χ1n) is 6.56. The molecule has 0 aromatic carbocycles. The van der Waals surface area contributed by atoms with Crippen LogP contribution in [0.25, 0.3) is 0 Å². The molecule has 3 nitrogen and oxygen atoms in total. The third-order valence-electron chi connectivity index (χ3n) is 3.84. The predicted octanol–water partition coefficient (Wildman–Crippen LogP) is 1.33. The van der Waals surface area contributed by atoms with Gasteiger partial charge in [0, 0.05) is 19.7 Å². The lowest BCUT2D eigenvalue weighted by Gasteiger charge is -2.32. The summed E-state index contributed by atoms with van der Waals surface area (Å²) in [7, 11) is 2.21. The Labute approximate surface area is 100 Å². The smallest absolute Gasteiger partial charge is 0.0431 e. The minimum Gasteiger partial charge on any atom is -0.396 e. The molecule has 0 bridgehead atoms. The molecule has 1 aliphatic heterocycles. The first-order valence-corrected chi connectivity index (χ1v) is 6.56. The summed E-state index contributed by atoms with van der Waals surface area (Å²) in [5.74, 6) is 0.822. The molecule has 0 aromatic rings. The van der Waals surface area contributed by atoms with Crippen LogP contribution in [-0.2, 0) is 0 Å². The second-order valence-corrected chi connectivity index (χ2v) is 5.84. The van der Waals surface area contributed by atoms with Crippen LogP contribution in [0.3, 0.4) is 0 Å². The highest BCUT2D eigenvalue weighted by atomic mass is 16.2. The Morgan fingerprint density at radius 3 is 2.69 bits per heavy atom. The van der Waals surface area contributed by atoms with Gasteiger partial charge in [-0.05, 0) is 50.7 Å². The summed E-state index contributed by atoms with van der Waals surface area (Å²) >= 11 is 0. The van der Waals surface area contributed by atoms with Crippen molar-refractivity contribution in [2.45, 2.75) is 33.1 Å². The van der Waals surface area contributed by atoms with Crippen molar-refractivity contribution in [2.75, 3.05) is 39.8 Å². The van der Waals surface area contributed by atoms with Gasteiger partial charge in [0.25, 0.3) is 0 Å². The van der Waals surface area contributed by atoms with Gasteiger partial charge in [-0.15, -0.1) is 0 Å². The second kappa shape index (κ2) is 6.58. The van der Waals surface area contributed by atoms with Crippen LogP contribution in [0.5, 0.6) is 0 Å². The van der Waals surface area contributed by atoms with E-state index in [0.717, 1.165) is 31.8 Å². The van der Waals surface area contributed by atoms with Gasteiger partial charge in [-0.2, -0.15) is 0 Å². The van der Waals surface area contributed by atoms with Crippen molar-refractivity contribution in [2.24, 2.45) is 11.3 Å². The zero-order valence-corrected chi connectivity index (χ0v) is 11.1. The SMILES string of the molecule is CN1CCC(C(C)(C)CNCCCCO)C1. The number of unbranched alkanes of at least 4 members (excludes halogenated alkanes) is 1. The Morgan fingerprint density at radius 2 is 2.12 bits per heavy atom. The first kappa shape index (κ1) is 13.9. The summed E-state index contributed by atoms with van der Waals surface area (Å²) in [5, 5.41) is 12.2. The number of hydrogen-bond donors (Lipinski definition) is 2. The fourth-order valence-electron chi connectivity index (χ4n) is 2.49. The third-order valence-corrected chi connectivity index (χ3v) is 3.84. The maximum atomic E-state index is 8.69. The molecule has 1 unspecified atom stereocenters. The number of hydrogen-bond acceptors (Lipinski definition) is 3. The van der Waals surface area contributed by atoms with Gasteiger partial charge in [0.15, 0.2) is 0 Å². The summed E-state index contributed by atoms with van der Waals surface area (Å²) in [5.41, 5.74) is 0.393. The summed E-state index contributed by atoms with van der Waals surface area (Å²) in [6.07, 6.45) is 3.33.